The Kier molecular flexibility index (Phi) is 5.26. The van der Waals surface area contributed by atoms with Crippen molar-refractivity contribution in [1.29, 1.82) is 0 Å². The lowest BCUT2D eigenvalue weighted by atomic mass is 10.1. The Labute approximate surface area is 153 Å². The van der Waals surface area contributed by atoms with E-state index in [1.54, 1.807) is 4.90 Å². The van der Waals surface area contributed by atoms with E-state index in [-0.39, 0.29) is 25.2 Å². The number of aryl methyl sites for hydroxylation is 2. The van der Waals surface area contributed by atoms with Crippen LogP contribution >= 0.6 is 0 Å². The molecule has 0 radical (unpaired) electrons. The molecule has 0 saturated carbocycles. The van der Waals surface area contributed by atoms with E-state index >= 15 is 0 Å². The van der Waals surface area contributed by atoms with Gasteiger partial charge in [0.05, 0.1) is 0 Å². The van der Waals surface area contributed by atoms with E-state index in [4.69, 9.17) is 9.47 Å². The molecule has 0 spiro atoms. The van der Waals surface area contributed by atoms with Gasteiger partial charge in [0.1, 0.15) is 5.75 Å². The van der Waals surface area contributed by atoms with E-state index in [9.17, 15) is 9.59 Å². The first-order valence-corrected chi connectivity index (χ1v) is 8.71. The average Bonchev–Trinajstić information content (AvgIpc) is 2.96. The summed E-state index contributed by atoms with van der Waals surface area (Å²) < 4.78 is 10.6. The van der Waals surface area contributed by atoms with Gasteiger partial charge in [-0.05, 0) is 56.0 Å². The molecule has 0 aromatic heterocycles. The fourth-order valence-electron chi connectivity index (χ4n) is 3.20. The maximum absolute atomic E-state index is 12.5. The summed E-state index contributed by atoms with van der Waals surface area (Å²) in [5.41, 5.74) is 4.03. The van der Waals surface area contributed by atoms with Crippen LogP contribution in [0.25, 0.3) is 0 Å². The molecule has 26 heavy (non-hydrogen) atoms. The quantitative estimate of drug-likeness (QED) is 0.775. The second-order valence-corrected chi connectivity index (χ2v) is 6.66. The number of nitrogens with zero attached hydrogens (tertiary/aromatic N) is 1. The predicted octanol–water partition coefficient (Wildman–Crippen LogP) is 3.20. The van der Waals surface area contributed by atoms with Gasteiger partial charge >= 0.3 is 5.97 Å². The molecule has 0 bridgehead atoms. The lowest BCUT2D eigenvalue weighted by Crippen LogP contribution is -2.39. The van der Waals surface area contributed by atoms with Crippen molar-refractivity contribution in [3.8, 4) is 5.75 Å². The van der Waals surface area contributed by atoms with Gasteiger partial charge in [-0.1, -0.05) is 30.3 Å². The minimum atomic E-state index is -0.556. The highest BCUT2D eigenvalue weighted by molar-refractivity contribution is 5.97. The summed E-state index contributed by atoms with van der Waals surface area (Å²) in [7, 11) is 0. The molecule has 1 unspecified atom stereocenters. The Morgan fingerprint density at radius 3 is 2.69 bits per heavy atom. The average molecular weight is 353 g/mol. The number of amides is 1. The summed E-state index contributed by atoms with van der Waals surface area (Å²) in [4.78, 5) is 26.1. The predicted molar refractivity (Wildman–Crippen MR) is 99.5 cm³/mol. The SMILES string of the molecule is Cc1ccc(C)c(OCC(=O)OCC(=O)N2c3ccccc3CC2C)c1. The molecule has 5 heteroatoms. The summed E-state index contributed by atoms with van der Waals surface area (Å²) in [6, 6.07) is 13.7. The highest BCUT2D eigenvalue weighted by atomic mass is 16.6. The lowest BCUT2D eigenvalue weighted by molar-refractivity contribution is -0.149. The number of carbonyl (C=O) groups is 2. The number of anilines is 1. The van der Waals surface area contributed by atoms with Crippen molar-refractivity contribution in [2.75, 3.05) is 18.1 Å². The standard InChI is InChI=1S/C21H23NO4/c1-14-8-9-15(2)19(10-14)25-13-21(24)26-12-20(23)22-16(3)11-17-6-4-5-7-18(17)22/h4-10,16H,11-13H2,1-3H3. The monoisotopic (exact) mass is 353 g/mol. The molecule has 0 aliphatic carbocycles. The Balaban J connectivity index is 1.53. The van der Waals surface area contributed by atoms with Crippen molar-refractivity contribution < 1.29 is 19.1 Å². The minimum Gasteiger partial charge on any atom is -0.482 e. The number of fused-ring (bicyclic) bond motifs is 1. The van der Waals surface area contributed by atoms with Gasteiger partial charge in [0.15, 0.2) is 13.2 Å². The Hall–Kier alpha value is -2.82. The molecule has 1 aliphatic rings. The smallest absolute Gasteiger partial charge is 0.344 e. The van der Waals surface area contributed by atoms with Gasteiger partial charge in [-0.3, -0.25) is 4.79 Å². The van der Waals surface area contributed by atoms with Crippen LogP contribution in [0.3, 0.4) is 0 Å². The lowest BCUT2D eigenvalue weighted by Gasteiger charge is -2.22. The zero-order valence-corrected chi connectivity index (χ0v) is 15.3. The number of hydrogen-bond acceptors (Lipinski definition) is 4. The fraction of sp³-hybridized carbons (Fsp3) is 0.333. The molecule has 0 N–H and O–H groups in total. The molecular formula is C21H23NO4. The van der Waals surface area contributed by atoms with Gasteiger partial charge in [0.25, 0.3) is 5.91 Å². The molecule has 2 aromatic carbocycles. The summed E-state index contributed by atoms with van der Waals surface area (Å²) >= 11 is 0. The van der Waals surface area contributed by atoms with Crippen LogP contribution in [0.4, 0.5) is 5.69 Å². The number of carbonyl (C=O) groups excluding carboxylic acids is 2. The summed E-state index contributed by atoms with van der Waals surface area (Å²) in [6.45, 7) is 5.36. The molecule has 0 saturated heterocycles. The first-order valence-electron chi connectivity index (χ1n) is 8.71. The molecule has 2 aromatic rings. The largest absolute Gasteiger partial charge is 0.482 e. The maximum atomic E-state index is 12.5. The van der Waals surface area contributed by atoms with Crippen LogP contribution < -0.4 is 9.64 Å². The number of hydrogen-bond donors (Lipinski definition) is 0. The van der Waals surface area contributed by atoms with Crippen molar-refractivity contribution in [3.63, 3.8) is 0 Å². The van der Waals surface area contributed by atoms with Gasteiger partial charge in [0.2, 0.25) is 0 Å². The van der Waals surface area contributed by atoms with Crippen LogP contribution in [0.15, 0.2) is 42.5 Å². The van der Waals surface area contributed by atoms with Crippen LogP contribution in [0.1, 0.15) is 23.6 Å². The van der Waals surface area contributed by atoms with Crippen LogP contribution in [0.5, 0.6) is 5.75 Å². The van der Waals surface area contributed by atoms with E-state index < -0.39 is 5.97 Å². The van der Waals surface area contributed by atoms with Crippen molar-refractivity contribution in [1.82, 2.24) is 0 Å². The topological polar surface area (TPSA) is 55.8 Å². The van der Waals surface area contributed by atoms with Gasteiger partial charge < -0.3 is 14.4 Å². The second kappa shape index (κ2) is 7.60. The van der Waals surface area contributed by atoms with E-state index in [0.29, 0.717) is 5.75 Å². The maximum Gasteiger partial charge on any atom is 0.344 e. The van der Waals surface area contributed by atoms with Crippen molar-refractivity contribution >= 4 is 17.6 Å². The van der Waals surface area contributed by atoms with Gasteiger partial charge in [-0.15, -0.1) is 0 Å². The normalized spacial score (nSPS) is 15.5. The third-order valence-corrected chi connectivity index (χ3v) is 4.52. The fourth-order valence-corrected chi connectivity index (χ4v) is 3.20. The highest BCUT2D eigenvalue weighted by Gasteiger charge is 2.30. The van der Waals surface area contributed by atoms with Crippen LogP contribution in [-0.4, -0.2) is 31.1 Å². The van der Waals surface area contributed by atoms with Gasteiger partial charge in [-0.25, -0.2) is 4.79 Å². The van der Waals surface area contributed by atoms with Gasteiger partial charge in [0, 0.05) is 11.7 Å². The van der Waals surface area contributed by atoms with Crippen LogP contribution in [0.2, 0.25) is 0 Å². The number of rotatable bonds is 5. The molecule has 1 heterocycles. The van der Waals surface area contributed by atoms with Crippen LogP contribution in [0, 0.1) is 13.8 Å². The number of benzene rings is 2. The zero-order valence-electron chi connectivity index (χ0n) is 15.3. The van der Waals surface area contributed by atoms with E-state index in [1.807, 2.05) is 63.2 Å². The summed E-state index contributed by atoms with van der Waals surface area (Å²) in [6.07, 6.45) is 0.811. The van der Waals surface area contributed by atoms with Crippen molar-refractivity contribution in [2.24, 2.45) is 0 Å². The molecular weight excluding hydrogens is 330 g/mol. The molecule has 136 valence electrons. The van der Waals surface area contributed by atoms with E-state index in [2.05, 4.69) is 0 Å². The third kappa shape index (κ3) is 3.87. The van der Waals surface area contributed by atoms with E-state index in [0.717, 1.165) is 28.8 Å². The molecule has 1 amide bonds. The number of esters is 1. The first-order chi connectivity index (χ1) is 12.5. The van der Waals surface area contributed by atoms with Gasteiger partial charge in [-0.2, -0.15) is 0 Å². The Bertz CT molecular complexity index is 831. The second-order valence-electron chi connectivity index (χ2n) is 6.66. The Morgan fingerprint density at radius 1 is 1.12 bits per heavy atom. The molecule has 1 atom stereocenters. The summed E-state index contributed by atoms with van der Waals surface area (Å²) in [5.74, 6) is -0.128. The minimum absolute atomic E-state index is 0.0600. The van der Waals surface area contributed by atoms with Crippen molar-refractivity contribution in [2.45, 2.75) is 33.2 Å². The van der Waals surface area contributed by atoms with Crippen LogP contribution in [-0.2, 0) is 20.7 Å². The molecule has 0 fully saturated rings. The number of ether oxygens (including phenoxy) is 2. The van der Waals surface area contributed by atoms with Crippen molar-refractivity contribution in [3.05, 3.63) is 59.2 Å². The number of para-hydroxylation sites is 1. The molecule has 1 aliphatic heterocycles. The zero-order chi connectivity index (χ0) is 18.7. The molecule has 5 nitrogen and oxygen atoms in total. The summed E-state index contributed by atoms with van der Waals surface area (Å²) in [5, 5.41) is 0. The third-order valence-electron chi connectivity index (χ3n) is 4.52. The molecule has 3 rings (SSSR count). The Morgan fingerprint density at radius 2 is 1.88 bits per heavy atom. The van der Waals surface area contributed by atoms with E-state index in [1.165, 1.54) is 0 Å². The first kappa shape index (κ1) is 18.0. The highest BCUT2D eigenvalue weighted by Crippen LogP contribution is 2.31.